The summed E-state index contributed by atoms with van der Waals surface area (Å²) in [6.45, 7) is 8.52. The largest absolute Gasteiger partial charge is 0.354 e. The maximum Gasteiger partial charge on any atom is 0.228 e. The van der Waals surface area contributed by atoms with Crippen molar-refractivity contribution in [3.8, 4) is 0 Å². The Labute approximate surface area is 158 Å². The third-order valence-corrected chi connectivity index (χ3v) is 4.90. The molecule has 1 aromatic heterocycles. The Kier molecular flexibility index (Phi) is 13.4. The Morgan fingerprint density at radius 3 is 1.68 bits per heavy atom. The van der Waals surface area contributed by atoms with Crippen LogP contribution in [0.25, 0.3) is 0 Å². The first-order chi connectivity index (χ1) is 12.3. The molecule has 0 fully saturated rings. The van der Waals surface area contributed by atoms with Gasteiger partial charge < -0.3 is 10.6 Å². The first-order valence-electron chi connectivity index (χ1n) is 10.2. The van der Waals surface area contributed by atoms with Crippen LogP contribution in [-0.2, 0) is 0 Å². The van der Waals surface area contributed by atoms with Crippen molar-refractivity contribution in [1.29, 1.82) is 0 Å². The summed E-state index contributed by atoms with van der Waals surface area (Å²) in [5.41, 5.74) is 0. The van der Waals surface area contributed by atoms with E-state index in [9.17, 15) is 0 Å². The molecule has 1 aromatic rings. The molecule has 25 heavy (non-hydrogen) atoms. The van der Waals surface area contributed by atoms with Gasteiger partial charge >= 0.3 is 0 Å². The summed E-state index contributed by atoms with van der Waals surface area (Å²) in [6.07, 6.45) is 12.3. The molecule has 0 aliphatic rings. The van der Waals surface area contributed by atoms with E-state index in [-0.39, 0.29) is 0 Å². The number of thioether (sulfide) groups is 1. The first-order valence-corrected chi connectivity index (χ1v) is 11.1. The standard InChI is InChI=1S/C19H37N5S/c1-4-7-10-13-16-25-19-23-17(20-14-11-8-5-2)22-18(24-19)21-15-12-9-6-3/h4-16H2,1-3H3,(H2,20,21,22,23,24). The van der Waals surface area contributed by atoms with Gasteiger partial charge in [0.15, 0.2) is 5.16 Å². The van der Waals surface area contributed by atoms with E-state index in [1.165, 1.54) is 51.4 Å². The van der Waals surface area contributed by atoms with Crippen LogP contribution in [0.1, 0.15) is 85.0 Å². The molecule has 0 spiro atoms. The Bertz CT molecular complexity index is 412. The van der Waals surface area contributed by atoms with E-state index in [0.717, 1.165) is 36.8 Å². The maximum atomic E-state index is 4.58. The number of unbranched alkanes of at least 4 members (excludes halogenated alkanes) is 7. The quantitative estimate of drug-likeness (QED) is 0.286. The van der Waals surface area contributed by atoms with Crippen molar-refractivity contribution in [3.63, 3.8) is 0 Å². The molecule has 1 rings (SSSR count). The number of nitrogens with one attached hydrogen (secondary N) is 2. The summed E-state index contributed by atoms with van der Waals surface area (Å²) in [5, 5.41) is 7.55. The van der Waals surface area contributed by atoms with Gasteiger partial charge in [-0.3, -0.25) is 0 Å². The van der Waals surface area contributed by atoms with Crippen molar-refractivity contribution >= 4 is 23.7 Å². The molecule has 0 aliphatic carbocycles. The lowest BCUT2D eigenvalue weighted by Crippen LogP contribution is -2.11. The van der Waals surface area contributed by atoms with Crippen molar-refractivity contribution in [3.05, 3.63) is 0 Å². The number of rotatable bonds is 16. The van der Waals surface area contributed by atoms with Crippen molar-refractivity contribution in [1.82, 2.24) is 15.0 Å². The monoisotopic (exact) mass is 367 g/mol. The summed E-state index contributed by atoms with van der Waals surface area (Å²) in [5.74, 6) is 2.49. The number of hydrogen-bond donors (Lipinski definition) is 2. The van der Waals surface area contributed by atoms with E-state index in [4.69, 9.17) is 0 Å². The topological polar surface area (TPSA) is 62.7 Å². The van der Waals surface area contributed by atoms with E-state index < -0.39 is 0 Å². The van der Waals surface area contributed by atoms with Crippen LogP contribution in [0.15, 0.2) is 5.16 Å². The Morgan fingerprint density at radius 2 is 1.16 bits per heavy atom. The van der Waals surface area contributed by atoms with Gasteiger partial charge in [-0.1, -0.05) is 77.5 Å². The molecule has 0 bridgehead atoms. The number of nitrogens with zero attached hydrogens (tertiary/aromatic N) is 3. The average Bonchev–Trinajstić information content (AvgIpc) is 2.62. The summed E-state index contributed by atoms with van der Waals surface area (Å²) in [6, 6.07) is 0. The fourth-order valence-corrected chi connectivity index (χ4v) is 3.25. The lowest BCUT2D eigenvalue weighted by atomic mass is 10.2. The van der Waals surface area contributed by atoms with Crippen LogP contribution in [0, 0.1) is 0 Å². The van der Waals surface area contributed by atoms with Gasteiger partial charge in [0.2, 0.25) is 11.9 Å². The molecule has 2 N–H and O–H groups in total. The molecule has 5 nitrogen and oxygen atoms in total. The van der Waals surface area contributed by atoms with Crippen LogP contribution in [-0.4, -0.2) is 33.8 Å². The molecule has 1 heterocycles. The zero-order chi connectivity index (χ0) is 18.2. The van der Waals surface area contributed by atoms with Gasteiger partial charge in [0, 0.05) is 18.8 Å². The molecule has 0 unspecified atom stereocenters. The predicted molar refractivity (Wildman–Crippen MR) is 111 cm³/mol. The van der Waals surface area contributed by atoms with E-state index >= 15 is 0 Å². The third-order valence-electron chi connectivity index (χ3n) is 3.97. The van der Waals surface area contributed by atoms with Crippen molar-refractivity contribution < 1.29 is 0 Å². The number of hydrogen-bond acceptors (Lipinski definition) is 6. The van der Waals surface area contributed by atoms with E-state index in [1.807, 2.05) is 0 Å². The van der Waals surface area contributed by atoms with Crippen LogP contribution in [0.4, 0.5) is 11.9 Å². The molecule has 6 heteroatoms. The van der Waals surface area contributed by atoms with Crippen LogP contribution >= 0.6 is 11.8 Å². The highest BCUT2D eigenvalue weighted by Gasteiger charge is 2.07. The molecule has 0 aromatic carbocycles. The van der Waals surface area contributed by atoms with Gasteiger partial charge in [0.1, 0.15) is 0 Å². The lowest BCUT2D eigenvalue weighted by Gasteiger charge is -2.10. The zero-order valence-corrected chi connectivity index (χ0v) is 17.3. The van der Waals surface area contributed by atoms with Crippen LogP contribution in [0.2, 0.25) is 0 Å². The number of anilines is 2. The highest BCUT2D eigenvalue weighted by atomic mass is 32.2. The molecule has 0 aliphatic heterocycles. The summed E-state index contributed by atoms with van der Waals surface area (Å²) in [4.78, 5) is 13.7. The van der Waals surface area contributed by atoms with Gasteiger partial charge in [-0.15, -0.1) is 0 Å². The van der Waals surface area contributed by atoms with Crippen LogP contribution in [0.5, 0.6) is 0 Å². The lowest BCUT2D eigenvalue weighted by molar-refractivity contribution is 0.705. The SMILES string of the molecule is CCCCCCSc1nc(NCCCCC)nc(NCCCCC)n1. The van der Waals surface area contributed by atoms with Gasteiger partial charge in [-0.2, -0.15) is 15.0 Å². The summed E-state index contributed by atoms with van der Waals surface area (Å²) >= 11 is 1.74. The Balaban J connectivity index is 2.55. The van der Waals surface area contributed by atoms with Gasteiger partial charge in [-0.25, -0.2) is 0 Å². The molecule has 0 amide bonds. The fraction of sp³-hybridized carbons (Fsp3) is 0.842. The second-order valence-corrected chi connectivity index (χ2v) is 7.50. The Morgan fingerprint density at radius 1 is 0.640 bits per heavy atom. The fourth-order valence-electron chi connectivity index (χ4n) is 2.42. The van der Waals surface area contributed by atoms with Crippen molar-refractivity contribution in [2.45, 2.75) is 90.1 Å². The summed E-state index contributed by atoms with van der Waals surface area (Å²) in [7, 11) is 0. The molecule has 0 atom stereocenters. The minimum atomic E-state index is 0.708. The maximum absolute atomic E-state index is 4.58. The average molecular weight is 368 g/mol. The van der Waals surface area contributed by atoms with Crippen molar-refractivity contribution in [2.24, 2.45) is 0 Å². The highest BCUT2D eigenvalue weighted by Crippen LogP contribution is 2.19. The van der Waals surface area contributed by atoms with Gasteiger partial charge in [-0.05, 0) is 19.3 Å². The van der Waals surface area contributed by atoms with Crippen LogP contribution in [0.3, 0.4) is 0 Å². The molecule has 0 saturated carbocycles. The first kappa shape index (κ1) is 22.0. The predicted octanol–water partition coefficient (Wildman–Crippen LogP) is 5.75. The summed E-state index contributed by atoms with van der Waals surface area (Å²) < 4.78 is 0. The third kappa shape index (κ3) is 11.2. The normalized spacial score (nSPS) is 10.8. The van der Waals surface area contributed by atoms with Crippen LogP contribution < -0.4 is 10.6 Å². The molecule has 0 radical (unpaired) electrons. The van der Waals surface area contributed by atoms with E-state index in [0.29, 0.717) is 11.9 Å². The second kappa shape index (κ2) is 15.2. The Hall–Kier alpha value is -1.04. The second-order valence-electron chi connectivity index (χ2n) is 6.44. The highest BCUT2D eigenvalue weighted by molar-refractivity contribution is 7.99. The zero-order valence-electron chi connectivity index (χ0n) is 16.4. The van der Waals surface area contributed by atoms with Gasteiger partial charge in [0.05, 0.1) is 0 Å². The van der Waals surface area contributed by atoms with E-state index in [2.05, 4.69) is 46.4 Å². The minimum absolute atomic E-state index is 0.708. The van der Waals surface area contributed by atoms with Crippen molar-refractivity contribution in [2.75, 3.05) is 29.5 Å². The smallest absolute Gasteiger partial charge is 0.228 e. The van der Waals surface area contributed by atoms with E-state index in [1.54, 1.807) is 11.8 Å². The molecular weight excluding hydrogens is 330 g/mol. The number of aromatic nitrogens is 3. The van der Waals surface area contributed by atoms with Gasteiger partial charge in [0.25, 0.3) is 0 Å². The molecule has 0 saturated heterocycles. The minimum Gasteiger partial charge on any atom is -0.354 e. The molecule has 144 valence electrons. The molecular formula is C19H37N5S.